The predicted octanol–water partition coefficient (Wildman–Crippen LogP) is 2.91. The van der Waals surface area contributed by atoms with Gasteiger partial charge in [-0.2, -0.15) is 4.39 Å². The van der Waals surface area contributed by atoms with Gasteiger partial charge < -0.3 is 14.6 Å². The average molecular weight is 386 g/mol. The minimum Gasteiger partial charge on any atom is -0.504 e. The van der Waals surface area contributed by atoms with Crippen molar-refractivity contribution in [2.24, 2.45) is 11.8 Å². The Hall–Kier alpha value is -2.67. The minimum atomic E-state index is -1.01. The molecule has 0 radical (unpaired) electrons. The van der Waals surface area contributed by atoms with Gasteiger partial charge in [0.15, 0.2) is 11.5 Å². The van der Waals surface area contributed by atoms with E-state index in [4.69, 9.17) is 9.47 Å². The number of rotatable bonds is 6. The Labute approximate surface area is 162 Å². The fourth-order valence-electron chi connectivity index (χ4n) is 4.28. The Morgan fingerprint density at radius 3 is 2.39 bits per heavy atom. The number of nitrogens with zero attached hydrogens (tertiary/aromatic N) is 2. The lowest BCUT2D eigenvalue weighted by Gasteiger charge is -2.19. The molecular weight excluding hydrogens is 363 g/mol. The van der Waals surface area contributed by atoms with Gasteiger partial charge in [-0.15, -0.1) is 0 Å². The van der Waals surface area contributed by atoms with Crippen LogP contribution in [0, 0.1) is 17.8 Å². The highest BCUT2D eigenvalue weighted by Gasteiger charge is 2.42. The third kappa shape index (κ3) is 3.94. The number of halogens is 1. The van der Waals surface area contributed by atoms with Crippen molar-refractivity contribution in [1.82, 2.24) is 9.88 Å². The Kier molecular flexibility index (Phi) is 5.17. The number of methoxy groups -OCH3 is 1. The summed E-state index contributed by atoms with van der Waals surface area (Å²) in [6, 6.07) is 10.1. The smallest absolute Gasteiger partial charge is 0.255 e. The highest BCUT2D eigenvalue weighted by atomic mass is 19.1. The van der Waals surface area contributed by atoms with Crippen molar-refractivity contribution in [2.75, 3.05) is 26.7 Å². The number of hydrogen-bond donors (Lipinski definition) is 1. The van der Waals surface area contributed by atoms with Gasteiger partial charge >= 0.3 is 0 Å². The largest absolute Gasteiger partial charge is 0.504 e. The maximum Gasteiger partial charge on any atom is 0.255 e. The molecule has 28 heavy (non-hydrogen) atoms. The normalized spacial score (nSPS) is 24.1. The van der Waals surface area contributed by atoms with Gasteiger partial charge in [0.25, 0.3) is 5.95 Å². The number of carbonyl (C=O) groups is 1. The molecule has 0 spiro atoms. The lowest BCUT2D eigenvalue weighted by Crippen LogP contribution is -2.30. The lowest BCUT2D eigenvalue weighted by molar-refractivity contribution is 0.0930. The van der Waals surface area contributed by atoms with Crippen LogP contribution < -0.4 is 9.47 Å². The van der Waals surface area contributed by atoms with Crippen LogP contribution in [0.15, 0.2) is 36.4 Å². The summed E-state index contributed by atoms with van der Waals surface area (Å²) in [5.74, 6) is 0.862. The van der Waals surface area contributed by atoms with Crippen LogP contribution in [0.2, 0.25) is 0 Å². The monoisotopic (exact) mass is 386 g/mol. The van der Waals surface area contributed by atoms with E-state index in [-0.39, 0.29) is 24.1 Å². The first-order valence-electron chi connectivity index (χ1n) is 9.43. The van der Waals surface area contributed by atoms with Gasteiger partial charge in [-0.1, -0.05) is 0 Å². The number of benzene rings is 1. The third-order valence-corrected chi connectivity index (χ3v) is 5.63. The average Bonchev–Trinajstić information content (AvgIpc) is 3.22. The molecule has 7 heteroatoms. The summed E-state index contributed by atoms with van der Waals surface area (Å²) in [5.41, 5.74) is 0.0491. The molecule has 1 saturated carbocycles. The molecule has 3 atom stereocenters. The Morgan fingerprint density at radius 2 is 1.79 bits per heavy atom. The number of likely N-dealkylation sites (tertiary alicyclic amines) is 1. The second-order valence-electron chi connectivity index (χ2n) is 7.53. The van der Waals surface area contributed by atoms with E-state index in [0.29, 0.717) is 11.8 Å². The summed E-state index contributed by atoms with van der Waals surface area (Å²) >= 11 is 0. The molecule has 4 rings (SSSR count). The molecule has 1 aromatic heterocycles. The molecule has 1 N–H and O–H groups in total. The first-order valence-corrected chi connectivity index (χ1v) is 9.43. The number of aromatic nitrogens is 1. The summed E-state index contributed by atoms with van der Waals surface area (Å²) in [6.45, 7) is 1.88. The molecule has 0 amide bonds. The van der Waals surface area contributed by atoms with E-state index in [1.165, 1.54) is 6.07 Å². The molecule has 1 unspecified atom stereocenters. The van der Waals surface area contributed by atoms with E-state index in [1.807, 2.05) is 24.3 Å². The minimum absolute atomic E-state index is 0.0491. The summed E-state index contributed by atoms with van der Waals surface area (Å²) < 4.78 is 24.6. The molecule has 0 bridgehead atoms. The molecular formula is C21H23FN2O4. The standard InChI is InChI=1S/C21H23FN2O4/c1-27-15-2-4-16(5-3-15)28-17-8-13-10-24(11-14(13)9-17)12-20(26)18-6-7-19(25)21(22)23-18/h2-7,13-14,17,25H,8-12H2,1H3/t13-,14+,17?. The van der Waals surface area contributed by atoms with E-state index < -0.39 is 11.7 Å². The van der Waals surface area contributed by atoms with Crippen molar-refractivity contribution >= 4 is 5.78 Å². The zero-order chi connectivity index (χ0) is 19.7. The number of carbonyl (C=O) groups excluding carboxylic acids is 1. The van der Waals surface area contributed by atoms with Crippen LogP contribution in [-0.2, 0) is 0 Å². The lowest BCUT2D eigenvalue weighted by atomic mass is 10.0. The van der Waals surface area contributed by atoms with E-state index in [2.05, 4.69) is 9.88 Å². The van der Waals surface area contributed by atoms with Gasteiger partial charge in [-0.3, -0.25) is 9.69 Å². The highest BCUT2D eigenvalue weighted by Crippen LogP contribution is 2.39. The second kappa shape index (κ2) is 7.75. The quantitative estimate of drug-likeness (QED) is 0.608. The summed E-state index contributed by atoms with van der Waals surface area (Å²) in [4.78, 5) is 18.0. The summed E-state index contributed by atoms with van der Waals surface area (Å²) in [5, 5.41) is 9.20. The van der Waals surface area contributed by atoms with Gasteiger partial charge in [-0.25, -0.2) is 4.98 Å². The topological polar surface area (TPSA) is 71.9 Å². The molecule has 1 aromatic carbocycles. The highest BCUT2D eigenvalue weighted by molar-refractivity contribution is 5.95. The maximum absolute atomic E-state index is 13.4. The first kappa shape index (κ1) is 18.7. The second-order valence-corrected chi connectivity index (χ2v) is 7.53. The van der Waals surface area contributed by atoms with Crippen LogP contribution >= 0.6 is 0 Å². The Morgan fingerprint density at radius 1 is 1.14 bits per heavy atom. The zero-order valence-corrected chi connectivity index (χ0v) is 15.7. The molecule has 2 aromatic rings. The SMILES string of the molecule is COc1ccc(OC2C[C@@H]3CN(CC(=O)c4ccc(O)c(F)n4)C[C@@H]3C2)cc1. The number of pyridine rings is 1. The molecule has 6 nitrogen and oxygen atoms in total. The van der Waals surface area contributed by atoms with Gasteiger partial charge in [0.05, 0.1) is 19.8 Å². The fourth-order valence-corrected chi connectivity index (χ4v) is 4.28. The molecule has 1 saturated heterocycles. The number of hydrogen-bond acceptors (Lipinski definition) is 6. The van der Waals surface area contributed by atoms with E-state index >= 15 is 0 Å². The van der Waals surface area contributed by atoms with Gasteiger partial charge in [0, 0.05) is 13.1 Å². The van der Waals surface area contributed by atoms with E-state index in [0.717, 1.165) is 43.5 Å². The maximum atomic E-state index is 13.4. The number of ketones is 1. The molecule has 1 aliphatic heterocycles. The van der Waals surface area contributed by atoms with Crippen molar-refractivity contribution in [1.29, 1.82) is 0 Å². The number of aromatic hydroxyl groups is 1. The van der Waals surface area contributed by atoms with Crippen LogP contribution in [0.1, 0.15) is 23.3 Å². The predicted molar refractivity (Wildman–Crippen MR) is 100 cm³/mol. The first-order chi connectivity index (χ1) is 13.5. The number of Topliss-reactive ketones (excluding diaryl/α,β-unsaturated/α-hetero) is 1. The Balaban J connectivity index is 1.28. The molecule has 2 heterocycles. The zero-order valence-electron chi connectivity index (χ0n) is 15.7. The molecule has 1 aliphatic carbocycles. The van der Waals surface area contributed by atoms with Crippen LogP contribution in [0.3, 0.4) is 0 Å². The number of fused-ring (bicyclic) bond motifs is 1. The van der Waals surface area contributed by atoms with Crippen LogP contribution in [0.4, 0.5) is 4.39 Å². The van der Waals surface area contributed by atoms with Gasteiger partial charge in [0.2, 0.25) is 0 Å². The van der Waals surface area contributed by atoms with Gasteiger partial charge in [-0.05, 0) is 61.1 Å². The molecule has 2 aliphatic rings. The summed E-state index contributed by atoms with van der Waals surface area (Å²) in [6.07, 6.45) is 2.12. The van der Waals surface area contributed by atoms with E-state index in [1.54, 1.807) is 7.11 Å². The van der Waals surface area contributed by atoms with Crippen molar-refractivity contribution in [3.8, 4) is 17.2 Å². The Bertz CT molecular complexity index is 844. The van der Waals surface area contributed by atoms with Crippen molar-refractivity contribution in [2.45, 2.75) is 18.9 Å². The fraction of sp³-hybridized carbons (Fsp3) is 0.429. The van der Waals surface area contributed by atoms with Crippen LogP contribution in [0.25, 0.3) is 0 Å². The number of ether oxygens (including phenoxy) is 2. The third-order valence-electron chi connectivity index (χ3n) is 5.63. The van der Waals surface area contributed by atoms with E-state index in [9.17, 15) is 14.3 Å². The van der Waals surface area contributed by atoms with Crippen LogP contribution in [0.5, 0.6) is 17.2 Å². The van der Waals surface area contributed by atoms with Gasteiger partial charge in [0.1, 0.15) is 17.2 Å². The summed E-state index contributed by atoms with van der Waals surface area (Å²) in [7, 11) is 1.64. The van der Waals surface area contributed by atoms with Crippen molar-refractivity contribution in [3.05, 3.63) is 48.0 Å². The van der Waals surface area contributed by atoms with Crippen molar-refractivity contribution in [3.63, 3.8) is 0 Å². The molecule has 2 fully saturated rings. The molecule has 148 valence electrons. The van der Waals surface area contributed by atoms with Crippen LogP contribution in [-0.4, -0.2) is 53.6 Å². The van der Waals surface area contributed by atoms with Crippen molar-refractivity contribution < 1.29 is 23.8 Å².